The van der Waals surface area contributed by atoms with E-state index in [0.29, 0.717) is 22.9 Å². The van der Waals surface area contributed by atoms with E-state index in [0.717, 1.165) is 36.2 Å². The molecule has 1 aromatic rings. The van der Waals surface area contributed by atoms with Crippen LogP contribution in [0.1, 0.15) is 32.1 Å². The summed E-state index contributed by atoms with van der Waals surface area (Å²) in [6, 6.07) is 3.01. The molecule has 0 amide bonds. The molecule has 2 bridgehead atoms. The van der Waals surface area contributed by atoms with Gasteiger partial charge in [0.1, 0.15) is 9.62 Å². The van der Waals surface area contributed by atoms with Gasteiger partial charge in [-0.15, -0.1) is 11.3 Å². The molecule has 22 heavy (non-hydrogen) atoms. The minimum atomic E-state index is -3.73. The Balaban J connectivity index is 1.98. The van der Waals surface area contributed by atoms with Crippen LogP contribution in [0, 0.1) is 5.41 Å². The molecule has 0 saturated carbocycles. The Bertz CT molecular complexity index is 753. The molecule has 1 N–H and O–H groups in total. The van der Waals surface area contributed by atoms with Gasteiger partial charge in [0.25, 0.3) is 10.0 Å². The molecule has 2 aliphatic rings. The molecular weight excluding hydrogens is 346 g/mol. The summed E-state index contributed by atoms with van der Waals surface area (Å²) in [4.78, 5) is 12.3. The number of nitrogens with one attached hydrogen (secondary N) is 1. The fourth-order valence-electron chi connectivity index (χ4n) is 3.35. The first-order valence-electron chi connectivity index (χ1n) is 6.98. The molecule has 0 aromatic carbocycles. The lowest BCUT2D eigenvalue weighted by Crippen LogP contribution is -2.41. The quantitative estimate of drug-likeness (QED) is 0.836. The van der Waals surface area contributed by atoms with E-state index in [9.17, 15) is 13.2 Å². The molecule has 8 heteroatoms. The summed E-state index contributed by atoms with van der Waals surface area (Å²) < 4.78 is 33.2. The van der Waals surface area contributed by atoms with Crippen molar-refractivity contribution in [2.24, 2.45) is 5.41 Å². The molecule has 2 aliphatic carbocycles. The van der Waals surface area contributed by atoms with Crippen LogP contribution >= 0.6 is 22.9 Å². The number of ether oxygens (including phenoxy) is 1. The first kappa shape index (κ1) is 15.8. The second kappa shape index (κ2) is 5.54. The highest BCUT2D eigenvalue weighted by atomic mass is 35.5. The van der Waals surface area contributed by atoms with Crippen molar-refractivity contribution >= 4 is 38.9 Å². The van der Waals surface area contributed by atoms with Crippen LogP contribution in [-0.2, 0) is 19.6 Å². The molecule has 1 atom stereocenters. The van der Waals surface area contributed by atoms with Gasteiger partial charge in [-0.1, -0.05) is 11.6 Å². The van der Waals surface area contributed by atoms with Gasteiger partial charge >= 0.3 is 5.97 Å². The van der Waals surface area contributed by atoms with Crippen LogP contribution in [0.3, 0.4) is 0 Å². The molecule has 1 heterocycles. The normalized spacial score (nSPS) is 24.5. The number of carbonyl (C=O) groups is 1. The predicted octanol–water partition coefficient (Wildman–Crippen LogP) is 3.07. The SMILES string of the molecule is COC(=O)C12CCCC(=C1NS(=O)(=O)c1ccc(Cl)s1)CC2. The van der Waals surface area contributed by atoms with Crippen molar-refractivity contribution in [2.45, 2.75) is 36.3 Å². The lowest BCUT2D eigenvalue weighted by atomic mass is 9.78. The molecule has 1 aromatic heterocycles. The van der Waals surface area contributed by atoms with Gasteiger partial charge in [-0.3, -0.25) is 9.52 Å². The third-order valence-corrected chi connectivity index (χ3v) is 7.47. The first-order chi connectivity index (χ1) is 10.4. The van der Waals surface area contributed by atoms with E-state index in [4.69, 9.17) is 16.3 Å². The lowest BCUT2D eigenvalue weighted by Gasteiger charge is -2.32. The summed E-state index contributed by atoms with van der Waals surface area (Å²) in [5.41, 5.74) is 0.703. The summed E-state index contributed by atoms with van der Waals surface area (Å²) in [5, 5.41) is 0. The Morgan fingerprint density at radius 1 is 1.36 bits per heavy atom. The fraction of sp³-hybridized carbons (Fsp3) is 0.500. The predicted molar refractivity (Wildman–Crippen MR) is 84.2 cm³/mol. The molecule has 0 radical (unpaired) electrons. The second-order valence-electron chi connectivity index (χ2n) is 5.57. The van der Waals surface area contributed by atoms with E-state index in [1.54, 1.807) is 6.07 Å². The third-order valence-electron chi connectivity index (χ3n) is 4.39. The number of hydrogen-bond acceptors (Lipinski definition) is 5. The van der Waals surface area contributed by atoms with Crippen LogP contribution in [0.5, 0.6) is 0 Å². The highest BCUT2D eigenvalue weighted by Gasteiger charge is 2.51. The Morgan fingerprint density at radius 3 is 2.77 bits per heavy atom. The Labute approximate surface area is 138 Å². The van der Waals surface area contributed by atoms with Crippen LogP contribution in [0.4, 0.5) is 0 Å². The monoisotopic (exact) mass is 361 g/mol. The average molecular weight is 362 g/mol. The minimum Gasteiger partial charge on any atom is -0.468 e. The maximum atomic E-state index is 12.5. The van der Waals surface area contributed by atoms with E-state index >= 15 is 0 Å². The van der Waals surface area contributed by atoms with Crippen LogP contribution in [0.25, 0.3) is 0 Å². The second-order valence-corrected chi connectivity index (χ2v) is 9.19. The van der Waals surface area contributed by atoms with Crippen molar-refractivity contribution in [3.63, 3.8) is 0 Å². The number of halogens is 1. The number of hydrogen-bond donors (Lipinski definition) is 1. The number of methoxy groups -OCH3 is 1. The summed E-state index contributed by atoms with van der Waals surface area (Å²) >= 11 is 6.81. The number of carbonyl (C=O) groups excluding carboxylic acids is 1. The van der Waals surface area contributed by atoms with E-state index in [-0.39, 0.29) is 10.2 Å². The van der Waals surface area contributed by atoms with E-state index in [1.165, 1.54) is 13.2 Å². The molecule has 5 nitrogen and oxygen atoms in total. The lowest BCUT2D eigenvalue weighted by molar-refractivity contribution is -0.151. The molecule has 3 rings (SSSR count). The number of esters is 1. The van der Waals surface area contributed by atoms with Gasteiger partial charge in [-0.05, 0) is 49.8 Å². The van der Waals surface area contributed by atoms with Crippen molar-refractivity contribution in [2.75, 3.05) is 7.11 Å². The Morgan fingerprint density at radius 2 is 2.14 bits per heavy atom. The van der Waals surface area contributed by atoms with Gasteiger partial charge in [0.2, 0.25) is 0 Å². The van der Waals surface area contributed by atoms with Crippen molar-refractivity contribution < 1.29 is 17.9 Å². The van der Waals surface area contributed by atoms with Gasteiger partial charge in [-0.25, -0.2) is 8.42 Å². The standard InChI is InChI=1S/C14H16ClNO4S2/c1-20-13(17)14-7-2-3-9(6-8-14)12(14)16-22(18,19)11-5-4-10(15)21-11/h4-5,16H,2-3,6-8H2,1H3. The zero-order chi connectivity index (χ0) is 16.0. The Kier molecular flexibility index (Phi) is 3.99. The minimum absolute atomic E-state index is 0.149. The summed E-state index contributed by atoms with van der Waals surface area (Å²) in [7, 11) is -2.38. The number of allylic oxidation sites excluding steroid dienone is 1. The maximum Gasteiger partial charge on any atom is 0.317 e. The Hall–Kier alpha value is -1.05. The van der Waals surface area contributed by atoms with Gasteiger partial charge in [0.05, 0.1) is 11.4 Å². The third kappa shape index (κ3) is 2.45. The molecule has 0 spiro atoms. The average Bonchev–Trinajstić information content (AvgIpc) is 2.98. The van der Waals surface area contributed by atoms with E-state index in [2.05, 4.69) is 4.72 Å². The number of rotatable bonds is 4. The summed E-state index contributed by atoms with van der Waals surface area (Å²) in [6.07, 6.45) is 3.66. The van der Waals surface area contributed by atoms with Crippen LogP contribution in [-0.4, -0.2) is 21.5 Å². The molecule has 0 aliphatic heterocycles. The van der Waals surface area contributed by atoms with Crippen molar-refractivity contribution in [1.82, 2.24) is 4.72 Å². The molecular formula is C14H16ClNO4S2. The number of fused-ring (bicyclic) bond motifs is 1. The van der Waals surface area contributed by atoms with Crippen LogP contribution in [0.15, 0.2) is 27.6 Å². The zero-order valence-electron chi connectivity index (χ0n) is 12.0. The molecule has 0 fully saturated rings. The van der Waals surface area contributed by atoms with Gasteiger partial charge in [0, 0.05) is 5.70 Å². The van der Waals surface area contributed by atoms with Gasteiger partial charge < -0.3 is 4.74 Å². The van der Waals surface area contributed by atoms with Crippen LogP contribution in [0.2, 0.25) is 4.34 Å². The zero-order valence-corrected chi connectivity index (χ0v) is 14.4. The fourth-order valence-corrected chi connectivity index (χ4v) is 6.06. The summed E-state index contributed by atoms with van der Waals surface area (Å²) in [5.74, 6) is -0.357. The summed E-state index contributed by atoms with van der Waals surface area (Å²) in [6.45, 7) is 0. The topological polar surface area (TPSA) is 72.5 Å². The smallest absolute Gasteiger partial charge is 0.317 e. The van der Waals surface area contributed by atoms with Gasteiger partial charge in [0.15, 0.2) is 0 Å². The van der Waals surface area contributed by atoms with E-state index in [1.807, 2.05) is 0 Å². The highest BCUT2D eigenvalue weighted by molar-refractivity contribution is 7.91. The maximum absolute atomic E-state index is 12.5. The van der Waals surface area contributed by atoms with Crippen molar-refractivity contribution in [1.29, 1.82) is 0 Å². The van der Waals surface area contributed by atoms with Crippen molar-refractivity contribution in [3.8, 4) is 0 Å². The number of thiophene rings is 1. The van der Waals surface area contributed by atoms with Gasteiger partial charge in [-0.2, -0.15) is 0 Å². The van der Waals surface area contributed by atoms with Crippen molar-refractivity contribution in [3.05, 3.63) is 27.7 Å². The molecule has 120 valence electrons. The van der Waals surface area contributed by atoms with E-state index < -0.39 is 15.4 Å². The van der Waals surface area contributed by atoms with Crippen LogP contribution < -0.4 is 4.72 Å². The largest absolute Gasteiger partial charge is 0.468 e. The number of sulfonamides is 1. The molecule has 1 unspecified atom stereocenters. The first-order valence-corrected chi connectivity index (χ1v) is 9.66. The molecule has 0 saturated heterocycles. The highest BCUT2D eigenvalue weighted by Crippen LogP contribution is 2.52.